The van der Waals surface area contributed by atoms with Crippen LogP contribution in [-0.4, -0.2) is 0 Å². The SMILES string of the molecule is Ic1cccc2c1c1cccc(I)c1c1cccc(I)c21. The first-order valence-electron chi connectivity index (χ1n) is 6.55. The first kappa shape index (κ1) is 14.4. The van der Waals surface area contributed by atoms with Crippen molar-refractivity contribution in [3.8, 4) is 0 Å². The number of hydrogen-bond donors (Lipinski definition) is 0. The zero-order valence-electron chi connectivity index (χ0n) is 10.8. The van der Waals surface area contributed by atoms with E-state index < -0.39 is 0 Å². The van der Waals surface area contributed by atoms with Crippen molar-refractivity contribution in [2.75, 3.05) is 0 Å². The number of hydrogen-bond acceptors (Lipinski definition) is 0. The van der Waals surface area contributed by atoms with E-state index in [9.17, 15) is 0 Å². The maximum atomic E-state index is 2.46. The molecular formula is C18H9I3. The summed E-state index contributed by atoms with van der Waals surface area (Å²) < 4.78 is 3.95. The molecule has 0 N–H and O–H groups in total. The molecule has 0 fully saturated rings. The molecule has 0 spiro atoms. The fourth-order valence-electron chi connectivity index (χ4n) is 3.02. The summed E-state index contributed by atoms with van der Waals surface area (Å²) in [5.41, 5.74) is 0. The fraction of sp³-hybridized carbons (Fsp3) is 0. The van der Waals surface area contributed by atoms with Gasteiger partial charge in [0.15, 0.2) is 0 Å². The zero-order valence-corrected chi connectivity index (χ0v) is 17.3. The third kappa shape index (κ3) is 2.18. The number of halogens is 3. The highest BCUT2D eigenvalue weighted by molar-refractivity contribution is 14.1. The minimum atomic E-state index is 1.32. The Kier molecular flexibility index (Phi) is 3.77. The summed E-state index contributed by atoms with van der Waals surface area (Å²) >= 11 is 7.37. The number of rotatable bonds is 0. The Morgan fingerprint density at radius 1 is 0.429 bits per heavy atom. The van der Waals surface area contributed by atoms with Crippen LogP contribution in [0.3, 0.4) is 0 Å². The smallest absolute Gasteiger partial charge is 0.0215 e. The fourth-order valence-corrected chi connectivity index (χ4v) is 5.38. The summed E-state index contributed by atoms with van der Waals surface area (Å²) in [7, 11) is 0. The van der Waals surface area contributed by atoms with Gasteiger partial charge in [-0.25, -0.2) is 0 Å². The third-order valence-corrected chi connectivity index (χ3v) is 6.55. The Morgan fingerprint density at radius 3 is 1.00 bits per heavy atom. The van der Waals surface area contributed by atoms with Crippen LogP contribution in [0, 0.1) is 10.7 Å². The first-order chi connectivity index (χ1) is 10.2. The van der Waals surface area contributed by atoms with Gasteiger partial charge in [0.05, 0.1) is 0 Å². The summed E-state index contributed by atoms with van der Waals surface area (Å²) in [5, 5.41) is 8.21. The standard InChI is InChI=1S/C18H9I3/c19-13-7-1-4-10-16(13)11-5-2-9-15(21)18(11)12-6-3-8-14(20)17(10)12/h1-9H. The van der Waals surface area contributed by atoms with E-state index in [2.05, 4.69) is 122 Å². The summed E-state index contributed by atoms with van der Waals surface area (Å²) in [6.07, 6.45) is 0. The predicted octanol–water partition coefficient (Wildman–Crippen LogP) is 6.96. The van der Waals surface area contributed by atoms with Gasteiger partial charge >= 0.3 is 0 Å². The van der Waals surface area contributed by atoms with Crippen LogP contribution in [0.5, 0.6) is 0 Å². The largest absolute Gasteiger partial charge is 0.0606 e. The van der Waals surface area contributed by atoms with Crippen LogP contribution >= 0.6 is 67.8 Å². The highest BCUT2D eigenvalue weighted by Crippen LogP contribution is 2.40. The van der Waals surface area contributed by atoms with E-state index in [0.29, 0.717) is 0 Å². The van der Waals surface area contributed by atoms with Gasteiger partial charge in [-0.15, -0.1) is 0 Å². The molecule has 21 heavy (non-hydrogen) atoms. The van der Waals surface area contributed by atoms with Crippen molar-refractivity contribution in [2.24, 2.45) is 0 Å². The summed E-state index contributed by atoms with van der Waals surface area (Å²) in [5.74, 6) is 0. The topological polar surface area (TPSA) is 0 Å². The molecular weight excluding hydrogens is 597 g/mol. The van der Waals surface area contributed by atoms with Crippen molar-refractivity contribution in [3.63, 3.8) is 0 Å². The molecule has 0 aromatic heterocycles. The van der Waals surface area contributed by atoms with Crippen molar-refractivity contribution >= 4 is 100 Å². The first-order valence-corrected chi connectivity index (χ1v) is 9.79. The molecule has 0 aliphatic heterocycles. The molecule has 0 unspecified atom stereocenters. The molecule has 4 aromatic carbocycles. The minimum Gasteiger partial charge on any atom is -0.0606 e. The van der Waals surface area contributed by atoms with Gasteiger partial charge in [-0.05, 0) is 102 Å². The van der Waals surface area contributed by atoms with Crippen LogP contribution in [-0.2, 0) is 0 Å². The molecule has 0 aliphatic rings. The molecule has 0 bridgehead atoms. The van der Waals surface area contributed by atoms with E-state index in [1.165, 1.54) is 43.0 Å². The Bertz CT molecular complexity index is 856. The lowest BCUT2D eigenvalue weighted by Gasteiger charge is -2.14. The van der Waals surface area contributed by atoms with E-state index in [4.69, 9.17) is 0 Å². The Hall–Kier alpha value is -0.150. The van der Waals surface area contributed by atoms with E-state index in [0.717, 1.165) is 0 Å². The normalized spacial score (nSPS) is 11.6. The van der Waals surface area contributed by atoms with Gasteiger partial charge in [0.2, 0.25) is 0 Å². The van der Waals surface area contributed by atoms with Gasteiger partial charge in [0.25, 0.3) is 0 Å². The molecule has 0 radical (unpaired) electrons. The highest BCUT2D eigenvalue weighted by atomic mass is 127. The molecule has 0 saturated heterocycles. The molecule has 4 rings (SSSR count). The molecule has 0 aliphatic carbocycles. The lowest BCUT2D eigenvalue weighted by atomic mass is 9.94. The van der Waals surface area contributed by atoms with Gasteiger partial charge in [-0.3, -0.25) is 0 Å². The second-order valence-electron chi connectivity index (χ2n) is 4.99. The van der Waals surface area contributed by atoms with Crippen LogP contribution in [0.2, 0.25) is 0 Å². The van der Waals surface area contributed by atoms with E-state index in [1.807, 2.05) is 0 Å². The second kappa shape index (κ2) is 5.49. The Balaban J connectivity index is 2.51. The minimum absolute atomic E-state index is 1.32. The van der Waals surface area contributed by atoms with Gasteiger partial charge in [-0.2, -0.15) is 0 Å². The number of fused-ring (bicyclic) bond motifs is 6. The number of benzene rings is 4. The van der Waals surface area contributed by atoms with Crippen LogP contribution in [0.15, 0.2) is 54.6 Å². The highest BCUT2D eigenvalue weighted by Gasteiger charge is 2.13. The third-order valence-electron chi connectivity index (χ3n) is 3.85. The Morgan fingerprint density at radius 2 is 0.714 bits per heavy atom. The monoisotopic (exact) mass is 606 g/mol. The predicted molar refractivity (Wildman–Crippen MR) is 117 cm³/mol. The molecule has 0 saturated carbocycles. The molecule has 0 nitrogen and oxygen atoms in total. The lowest BCUT2D eigenvalue weighted by Crippen LogP contribution is -1.89. The quantitative estimate of drug-likeness (QED) is 0.150. The lowest BCUT2D eigenvalue weighted by molar-refractivity contribution is 1.70. The maximum absolute atomic E-state index is 2.46. The molecule has 0 heterocycles. The van der Waals surface area contributed by atoms with Crippen molar-refractivity contribution in [1.29, 1.82) is 0 Å². The second-order valence-corrected chi connectivity index (χ2v) is 8.47. The van der Waals surface area contributed by atoms with E-state index in [-0.39, 0.29) is 0 Å². The van der Waals surface area contributed by atoms with Gasteiger partial charge in [0.1, 0.15) is 0 Å². The summed E-state index contributed by atoms with van der Waals surface area (Å²) in [6.45, 7) is 0. The van der Waals surface area contributed by atoms with Gasteiger partial charge < -0.3 is 0 Å². The Labute approximate surface area is 163 Å². The summed E-state index contributed by atoms with van der Waals surface area (Å²) in [4.78, 5) is 0. The van der Waals surface area contributed by atoms with Crippen LogP contribution < -0.4 is 0 Å². The van der Waals surface area contributed by atoms with Crippen molar-refractivity contribution in [2.45, 2.75) is 0 Å². The molecule has 0 amide bonds. The van der Waals surface area contributed by atoms with Gasteiger partial charge in [-0.1, -0.05) is 36.4 Å². The molecule has 102 valence electrons. The maximum Gasteiger partial charge on any atom is 0.0215 e. The average Bonchev–Trinajstić information content (AvgIpc) is 2.47. The molecule has 4 aromatic rings. The zero-order chi connectivity index (χ0) is 14.6. The molecule has 3 heteroatoms. The summed E-state index contributed by atoms with van der Waals surface area (Å²) in [6, 6.07) is 19.8. The van der Waals surface area contributed by atoms with Crippen LogP contribution in [0.1, 0.15) is 0 Å². The van der Waals surface area contributed by atoms with Crippen LogP contribution in [0.25, 0.3) is 32.3 Å². The molecule has 0 atom stereocenters. The van der Waals surface area contributed by atoms with Crippen molar-refractivity contribution < 1.29 is 0 Å². The van der Waals surface area contributed by atoms with E-state index in [1.54, 1.807) is 0 Å². The average molecular weight is 606 g/mol. The van der Waals surface area contributed by atoms with Gasteiger partial charge in [0, 0.05) is 26.9 Å². The van der Waals surface area contributed by atoms with Crippen molar-refractivity contribution in [3.05, 3.63) is 65.3 Å². The van der Waals surface area contributed by atoms with E-state index >= 15 is 0 Å². The van der Waals surface area contributed by atoms with Crippen molar-refractivity contribution in [1.82, 2.24) is 0 Å². The van der Waals surface area contributed by atoms with Crippen LogP contribution in [0.4, 0.5) is 0 Å².